The molecule has 1 amide bonds. The van der Waals surface area contributed by atoms with Gasteiger partial charge < -0.3 is 19.5 Å². The van der Waals surface area contributed by atoms with E-state index in [1.807, 2.05) is 6.92 Å². The van der Waals surface area contributed by atoms with E-state index in [-0.39, 0.29) is 11.9 Å². The predicted octanol–water partition coefficient (Wildman–Crippen LogP) is 1.91. The molecule has 0 aliphatic carbocycles. The van der Waals surface area contributed by atoms with Gasteiger partial charge in [-0.1, -0.05) is 6.07 Å². The fourth-order valence-corrected chi connectivity index (χ4v) is 1.78. The predicted molar refractivity (Wildman–Crippen MR) is 89.0 cm³/mol. The van der Waals surface area contributed by atoms with E-state index in [4.69, 9.17) is 9.47 Å². The van der Waals surface area contributed by atoms with Crippen LogP contribution in [0.25, 0.3) is 0 Å². The molecule has 1 atom stereocenters. The van der Waals surface area contributed by atoms with Crippen LogP contribution >= 0.6 is 0 Å². The van der Waals surface area contributed by atoms with E-state index in [9.17, 15) is 19.2 Å². The molecule has 0 bridgehead atoms. The first-order chi connectivity index (χ1) is 11.6. The number of esters is 3. The molecule has 0 aliphatic rings. The fraction of sp³-hybridized carbons (Fsp3) is 0.412. The van der Waals surface area contributed by atoms with Crippen molar-refractivity contribution in [1.82, 2.24) is 5.32 Å². The first kappa shape index (κ1) is 22.1. The molecule has 1 aromatic carbocycles. The Bertz CT molecular complexity index is 628. The molecule has 25 heavy (non-hydrogen) atoms. The van der Waals surface area contributed by atoms with Crippen molar-refractivity contribution < 1.29 is 33.4 Å². The van der Waals surface area contributed by atoms with Crippen LogP contribution in [0, 0.1) is 0 Å². The molecular weight excluding hydrogens is 330 g/mol. The van der Waals surface area contributed by atoms with E-state index in [0.29, 0.717) is 11.5 Å². The summed E-state index contributed by atoms with van der Waals surface area (Å²) in [5, 5.41) is 2.77. The zero-order chi connectivity index (χ0) is 19.6. The van der Waals surface area contributed by atoms with E-state index in [1.54, 1.807) is 18.2 Å². The average Bonchev–Trinajstić information content (AvgIpc) is 2.45. The van der Waals surface area contributed by atoms with Gasteiger partial charge >= 0.3 is 17.9 Å². The van der Waals surface area contributed by atoms with Crippen molar-refractivity contribution >= 4 is 23.8 Å². The molecule has 1 N–H and O–H groups in total. The molecule has 138 valence electrons. The highest BCUT2D eigenvalue weighted by Gasteiger charge is 2.12. The highest BCUT2D eigenvalue weighted by Crippen LogP contribution is 2.30. The van der Waals surface area contributed by atoms with Crippen LogP contribution in [-0.4, -0.2) is 30.9 Å². The van der Waals surface area contributed by atoms with Crippen LogP contribution in [0.1, 0.15) is 46.2 Å². The Morgan fingerprint density at radius 3 is 1.84 bits per heavy atom. The third-order valence-electron chi connectivity index (χ3n) is 2.65. The molecule has 0 unspecified atom stereocenters. The maximum atomic E-state index is 11.0. The lowest BCUT2D eigenvalue weighted by atomic mass is 10.1. The van der Waals surface area contributed by atoms with E-state index < -0.39 is 17.9 Å². The number of carbonyl (C=O) groups excluding carboxylic acids is 4. The van der Waals surface area contributed by atoms with E-state index >= 15 is 0 Å². The molecule has 0 aliphatic heterocycles. The lowest BCUT2D eigenvalue weighted by Gasteiger charge is -2.15. The van der Waals surface area contributed by atoms with E-state index in [2.05, 4.69) is 10.1 Å². The number of methoxy groups -OCH3 is 1. The number of hydrogen-bond acceptors (Lipinski definition) is 7. The first-order valence-electron chi connectivity index (χ1n) is 7.39. The van der Waals surface area contributed by atoms with Gasteiger partial charge in [0.2, 0.25) is 5.91 Å². The quantitative estimate of drug-likeness (QED) is 0.500. The van der Waals surface area contributed by atoms with Crippen molar-refractivity contribution in [2.24, 2.45) is 0 Å². The maximum absolute atomic E-state index is 11.0. The molecule has 0 aromatic heterocycles. The third-order valence-corrected chi connectivity index (χ3v) is 2.65. The monoisotopic (exact) mass is 353 g/mol. The summed E-state index contributed by atoms with van der Waals surface area (Å²) in [6.07, 6.45) is 0. The molecule has 0 heterocycles. The SMILES string of the molecule is CC(=O)OC(C)=O.COc1cc([C@@H](C)NC(C)=O)ccc1OC(C)=O. The Morgan fingerprint density at radius 2 is 1.48 bits per heavy atom. The molecule has 8 heteroatoms. The van der Waals surface area contributed by atoms with Gasteiger partial charge in [0.05, 0.1) is 13.2 Å². The van der Waals surface area contributed by atoms with E-state index in [1.165, 1.54) is 34.8 Å². The van der Waals surface area contributed by atoms with Crippen LogP contribution in [0.3, 0.4) is 0 Å². The molecule has 8 nitrogen and oxygen atoms in total. The Hall–Kier alpha value is -2.90. The smallest absolute Gasteiger partial charge is 0.310 e. The summed E-state index contributed by atoms with van der Waals surface area (Å²) in [4.78, 5) is 41.5. The molecule has 0 fully saturated rings. The minimum atomic E-state index is -0.562. The summed E-state index contributed by atoms with van der Waals surface area (Å²) in [7, 11) is 1.50. The second kappa shape index (κ2) is 10.8. The number of nitrogens with one attached hydrogen (secondary N) is 1. The van der Waals surface area contributed by atoms with E-state index in [0.717, 1.165) is 5.56 Å². The van der Waals surface area contributed by atoms with Gasteiger partial charge in [-0.05, 0) is 24.6 Å². The number of rotatable bonds is 4. The molecule has 0 saturated carbocycles. The lowest BCUT2D eigenvalue weighted by Crippen LogP contribution is -2.23. The number of amides is 1. The Balaban J connectivity index is 0.000000697. The summed E-state index contributed by atoms with van der Waals surface area (Å²) in [6, 6.07) is 5.02. The van der Waals surface area contributed by atoms with Gasteiger partial charge in [-0.2, -0.15) is 0 Å². The summed E-state index contributed by atoms with van der Waals surface area (Å²) >= 11 is 0. The third kappa shape index (κ3) is 9.75. The van der Waals surface area contributed by atoms with Crippen LogP contribution < -0.4 is 14.8 Å². The second-order valence-corrected chi connectivity index (χ2v) is 5.01. The minimum absolute atomic E-state index is 0.106. The highest BCUT2D eigenvalue weighted by atomic mass is 16.6. The lowest BCUT2D eigenvalue weighted by molar-refractivity contribution is -0.156. The average molecular weight is 353 g/mol. The van der Waals surface area contributed by atoms with Gasteiger partial charge in [0.1, 0.15) is 0 Å². The largest absolute Gasteiger partial charge is 0.493 e. The summed E-state index contributed by atoms with van der Waals surface area (Å²) in [6.45, 7) is 7.01. The van der Waals surface area contributed by atoms with Crippen molar-refractivity contribution in [2.45, 2.75) is 40.7 Å². The van der Waals surface area contributed by atoms with Crippen molar-refractivity contribution in [3.63, 3.8) is 0 Å². The number of carbonyl (C=O) groups is 4. The Morgan fingerprint density at radius 1 is 0.920 bits per heavy atom. The zero-order valence-electron chi connectivity index (χ0n) is 15.2. The standard InChI is InChI=1S/C13H17NO4.C4H6O3/c1-8(14-9(2)15)11-5-6-12(18-10(3)16)13(7-11)17-4;1-3(5)7-4(2)6/h5-8H,1-4H3,(H,14,15);1-2H3/t8-;/m1./s1. The van der Waals surface area contributed by atoms with Crippen LogP contribution in [-0.2, 0) is 23.9 Å². The van der Waals surface area contributed by atoms with Crippen LogP contribution in [0.5, 0.6) is 11.5 Å². The topological polar surface area (TPSA) is 108 Å². The van der Waals surface area contributed by atoms with Gasteiger partial charge in [-0.3, -0.25) is 19.2 Å². The summed E-state index contributed by atoms with van der Waals surface area (Å²) in [5.74, 6) is -0.815. The van der Waals surface area contributed by atoms with Gasteiger partial charge in [-0.25, -0.2) is 0 Å². The van der Waals surface area contributed by atoms with Crippen molar-refractivity contribution in [1.29, 1.82) is 0 Å². The van der Waals surface area contributed by atoms with Gasteiger partial charge in [0, 0.05) is 27.7 Å². The van der Waals surface area contributed by atoms with Gasteiger partial charge in [0.25, 0.3) is 0 Å². The van der Waals surface area contributed by atoms with Gasteiger partial charge in [-0.15, -0.1) is 0 Å². The van der Waals surface area contributed by atoms with Crippen molar-refractivity contribution in [3.05, 3.63) is 23.8 Å². The molecule has 1 rings (SSSR count). The number of ether oxygens (including phenoxy) is 3. The maximum Gasteiger partial charge on any atom is 0.310 e. The molecule has 1 aromatic rings. The molecule has 0 saturated heterocycles. The highest BCUT2D eigenvalue weighted by molar-refractivity contribution is 5.82. The molecule has 0 spiro atoms. The van der Waals surface area contributed by atoms with Crippen molar-refractivity contribution in [2.75, 3.05) is 7.11 Å². The first-order valence-corrected chi connectivity index (χ1v) is 7.39. The Labute approximate surface area is 146 Å². The minimum Gasteiger partial charge on any atom is -0.493 e. The van der Waals surface area contributed by atoms with Gasteiger partial charge in [0.15, 0.2) is 11.5 Å². The van der Waals surface area contributed by atoms with Crippen LogP contribution in [0.15, 0.2) is 18.2 Å². The van der Waals surface area contributed by atoms with Crippen molar-refractivity contribution in [3.8, 4) is 11.5 Å². The fourth-order valence-electron chi connectivity index (χ4n) is 1.78. The van der Waals surface area contributed by atoms with Crippen LogP contribution in [0.2, 0.25) is 0 Å². The second-order valence-electron chi connectivity index (χ2n) is 5.01. The summed E-state index contributed by atoms with van der Waals surface area (Å²) in [5.41, 5.74) is 0.873. The Kier molecular flexibility index (Phi) is 9.54. The number of benzene rings is 1. The summed E-state index contributed by atoms with van der Waals surface area (Å²) < 4.78 is 14.1. The molecular formula is C17H23NO7. The number of hydrogen-bond donors (Lipinski definition) is 1. The van der Waals surface area contributed by atoms with Crippen LogP contribution in [0.4, 0.5) is 0 Å². The zero-order valence-corrected chi connectivity index (χ0v) is 15.2. The normalized spacial score (nSPS) is 10.5. The molecule has 0 radical (unpaired) electrons.